The van der Waals surface area contributed by atoms with Gasteiger partial charge in [0.25, 0.3) is 5.91 Å². The van der Waals surface area contributed by atoms with Crippen molar-refractivity contribution >= 4 is 11.8 Å². The fourth-order valence-electron chi connectivity index (χ4n) is 2.52. The lowest BCUT2D eigenvalue weighted by Crippen LogP contribution is -2.49. The third kappa shape index (κ3) is 6.62. The number of hydrogen-bond acceptors (Lipinski definition) is 2. The summed E-state index contributed by atoms with van der Waals surface area (Å²) in [7, 11) is 0. The number of amides is 2. The van der Waals surface area contributed by atoms with E-state index in [2.05, 4.69) is 22.5 Å². The molecule has 0 heterocycles. The first-order valence-corrected chi connectivity index (χ1v) is 9.08. The first-order valence-electron chi connectivity index (χ1n) is 9.08. The van der Waals surface area contributed by atoms with Crippen molar-refractivity contribution in [3.63, 3.8) is 0 Å². The van der Waals surface area contributed by atoms with Crippen LogP contribution in [0.4, 0.5) is 17.6 Å². The molecule has 1 atom stereocenters. The number of hydrogen-bond donors (Lipinski definition) is 2. The van der Waals surface area contributed by atoms with Crippen LogP contribution >= 0.6 is 0 Å². The molecule has 0 saturated heterocycles. The lowest BCUT2D eigenvalue weighted by Gasteiger charge is -2.21. The van der Waals surface area contributed by atoms with Crippen LogP contribution in [0.3, 0.4) is 0 Å². The average Bonchev–Trinajstić information content (AvgIpc) is 2.69. The lowest BCUT2D eigenvalue weighted by molar-refractivity contribution is -0.137. The highest BCUT2D eigenvalue weighted by Crippen LogP contribution is 2.29. The highest BCUT2D eigenvalue weighted by Gasteiger charge is 2.30. The zero-order valence-corrected chi connectivity index (χ0v) is 16.3. The topological polar surface area (TPSA) is 58.2 Å². The molecule has 30 heavy (non-hydrogen) atoms. The van der Waals surface area contributed by atoms with Crippen LogP contribution in [-0.2, 0) is 11.0 Å². The molecule has 158 valence electrons. The Morgan fingerprint density at radius 3 is 2.33 bits per heavy atom. The van der Waals surface area contributed by atoms with Gasteiger partial charge < -0.3 is 10.6 Å². The second-order valence-corrected chi connectivity index (χ2v) is 6.80. The quantitative estimate of drug-likeness (QED) is 0.572. The van der Waals surface area contributed by atoms with Gasteiger partial charge >= 0.3 is 6.18 Å². The van der Waals surface area contributed by atoms with Crippen LogP contribution in [0.2, 0.25) is 0 Å². The maximum absolute atomic E-state index is 13.0. The molecule has 0 aliphatic rings. The van der Waals surface area contributed by atoms with E-state index in [1.807, 2.05) is 0 Å². The molecule has 2 amide bonds. The summed E-state index contributed by atoms with van der Waals surface area (Å²) in [5, 5.41) is 5.12. The second-order valence-electron chi connectivity index (χ2n) is 6.80. The zero-order valence-electron chi connectivity index (χ0n) is 16.3. The Morgan fingerprint density at radius 1 is 1.07 bits per heavy atom. The average molecular weight is 420 g/mol. The minimum atomic E-state index is -4.46. The molecule has 8 heteroatoms. The number of benzene rings is 2. The Labute approximate surface area is 171 Å². The van der Waals surface area contributed by atoms with E-state index in [-0.39, 0.29) is 23.6 Å². The maximum Gasteiger partial charge on any atom is 0.416 e. The van der Waals surface area contributed by atoms with E-state index >= 15 is 0 Å². The highest BCUT2D eigenvalue weighted by atomic mass is 19.4. The van der Waals surface area contributed by atoms with Crippen molar-refractivity contribution in [2.75, 3.05) is 6.54 Å². The maximum atomic E-state index is 13.0. The summed E-state index contributed by atoms with van der Waals surface area (Å²) in [6.07, 6.45) is -4.46. The Balaban J connectivity index is 1.97. The second kappa shape index (κ2) is 9.92. The smallest absolute Gasteiger partial charge is 0.343 e. The van der Waals surface area contributed by atoms with Crippen LogP contribution in [0.5, 0.6) is 0 Å². The Kier molecular flexibility index (Phi) is 7.59. The monoisotopic (exact) mass is 420 g/mol. The van der Waals surface area contributed by atoms with Crippen molar-refractivity contribution in [2.45, 2.75) is 26.1 Å². The van der Waals surface area contributed by atoms with Crippen molar-refractivity contribution in [3.05, 3.63) is 71.0 Å². The van der Waals surface area contributed by atoms with Gasteiger partial charge in [0.1, 0.15) is 11.9 Å². The van der Waals surface area contributed by atoms with E-state index in [0.29, 0.717) is 0 Å². The van der Waals surface area contributed by atoms with Gasteiger partial charge in [-0.15, -0.1) is 0 Å². The first kappa shape index (κ1) is 22.9. The van der Waals surface area contributed by atoms with E-state index in [0.717, 1.165) is 24.3 Å². The molecule has 0 aromatic heterocycles. The van der Waals surface area contributed by atoms with Crippen LogP contribution in [0.1, 0.15) is 35.3 Å². The molecule has 2 aromatic carbocycles. The molecule has 0 radical (unpaired) electrons. The highest BCUT2D eigenvalue weighted by molar-refractivity contribution is 5.97. The number of carbonyl (C=O) groups excluding carboxylic acids is 2. The molecule has 0 unspecified atom stereocenters. The Morgan fingerprint density at radius 2 is 1.73 bits per heavy atom. The molecule has 0 aliphatic carbocycles. The summed E-state index contributed by atoms with van der Waals surface area (Å²) in [6.45, 7) is 3.37. The normalized spacial score (nSPS) is 12.0. The van der Waals surface area contributed by atoms with Crippen molar-refractivity contribution < 1.29 is 27.2 Å². The van der Waals surface area contributed by atoms with Gasteiger partial charge in [0.15, 0.2) is 0 Å². The van der Waals surface area contributed by atoms with Gasteiger partial charge in [-0.25, -0.2) is 4.39 Å². The van der Waals surface area contributed by atoms with Crippen molar-refractivity contribution in [1.29, 1.82) is 0 Å². The van der Waals surface area contributed by atoms with Crippen molar-refractivity contribution in [3.8, 4) is 11.8 Å². The van der Waals surface area contributed by atoms with Crippen LogP contribution in [0.25, 0.3) is 0 Å². The first-order chi connectivity index (χ1) is 14.1. The molecule has 2 aromatic rings. The number of halogens is 4. The molecular formula is C22H20F4N2O2. The molecule has 2 rings (SSSR count). The van der Waals surface area contributed by atoms with Gasteiger partial charge in [0.2, 0.25) is 5.91 Å². The Bertz CT molecular complexity index is 958. The summed E-state index contributed by atoms with van der Waals surface area (Å²) in [5.74, 6) is 3.41. The van der Waals surface area contributed by atoms with E-state index in [1.54, 1.807) is 13.8 Å². The van der Waals surface area contributed by atoms with E-state index in [1.165, 1.54) is 24.3 Å². The molecular weight excluding hydrogens is 400 g/mol. The minimum absolute atomic E-state index is 0.106. The summed E-state index contributed by atoms with van der Waals surface area (Å²) >= 11 is 0. The molecule has 0 fully saturated rings. The van der Waals surface area contributed by atoms with E-state index < -0.39 is 35.4 Å². The van der Waals surface area contributed by atoms with Gasteiger partial charge in [-0.1, -0.05) is 31.8 Å². The number of carbonyl (C=O) groups is 2. The van der Waals surface area contributed by atoms with E-state index in [9.17, 15) is 27.2 Å². The van der Waals surface area contributed by atoms with Gasteiger partial charge in [-0.2, -0.15) is 13.2 Å². The summed E-state index contributed by atoms with van der Waals surface area (Å²) in [4.78, 5) is 24.7. The lowest BCUT2D eigenvalue weighted by atomic mass is 10.0. The van der Waals surface area contributed by atoms with Crippen molar-refractivity contribution in [2.24, 2.45) is 5.92 Å². The molecule has 2 N–H and O–H groups in total. The van der Waals surface area contributed by atoms with Crippen LogP contribution in [0.15, 0.2) is 48.5 Å². The predicted octanol–water partition coefficient (Wildman–Crippen LogP) is 3.77. The number of nitrogens with one attached hydrogen (secondary N) is 2. The van der Waals surface area contributed by atoms with Gasteiger partial charge in [0, 0.05) is 11.1 Å². The fraction of sp³-hybridized carbons (Fsp3) is 0.273. The number of rotatable bonds is 5. The van der Waals surface area contributed by atoms with Crippen LogP contribution in [-0.4, -0.2) is 24.4 Å². The Hall–Kier alpha value is -3.34. The molecule has 0 bridgehead atoms. The number of alkyl halides is 3. The standard InChI is InChI=1S/C22H20F4N2O2/c1-14(2)19(28-20(29)16-8-10-18(23)11-9-16)21(30)27-12-4-6-15-5-3-7-17(13-15)22(24,25)26/h3,5,7-11,13-14,19H,12H2,1-2H3,(H,27,30)(H,28,29)/t19-/m1/s1. The zero-order chi connectivity index (χ0) is 22.3. The van der Waals surface area contributed by atoms with Crippen LogP contribution < -0.4 is 10.6 Å². The fourth-order valence-corrected chi connectivity index (χ4v) is 2.52. The summed E-state index contributed by atoms with van der Waals surface area (Å²) < 4.78 is 51.1. The SMILES string of the molecule is CC(C)[C@@H](NC(=O)c1ccc(F)cc1)C(=O)NCC#Cc1cccc(C(F)(F)F)c1. The van der Waals surface area contributed by atoms with Crippen molar-refractivity contribution in [1.82, 2.24) is 10.6 Å². The molecule has 4 nitrogen and oxygen atoms in total. The molecule has 0 saturated carbocycles. The largest absolute Gasteiger partial charge is 0.416 e. The van der Waals surface area contributed by atoms with Gasteiger partial charge in [-0.3, -0.25) is 9.59 Å². The summed E-state index contributed by atoms with van der Waals surface area (Å²) in [5.41, 5.74) is -0.426. The van der Waals surface area contributed by atoms with Gasteiger partial charge in [0.05, 0.1) is 12.1 Å². The third-order valence-corrected chi connectivity index (χ3v) is 4.12. The molecule has 0 spiro atoms. The van der Waals surface area contributed by atoms with E-state index in [4.69, 9.17) is 0 Å². The minimum Gasteiger partial charge on any atom is -0.343 e. The van der Waals surface area contributed by atoms with Gasteiger partial charge in [-0.05, 0) is 48.4 Å². The molecule has 0 aliphatic heterocycles. The third-order valence-electron chi connectivity index (χ3n) is 4.12. The summed E-state index contributed by atoms with van der Waals surface area (Å²) in [6, 6.07) is 8.60. The van der Waals surface area contributed by atoms with Crippen LogP contribution in [0, 0.1) is 23.6 Å². The predicted molar refractivity (Wildman–Crippen MR) is 104 cm³/mol.